The van der Waals surface area contributed by atoms with Crippen molar-refractivity contribution in [3.8, 4) is 0 Å². The maximum absolute atomic E-state index is 13.2. The molecule has 180 valence electrons. The van der Waals surface area contributed by atoms with Crippen LogP contribution < -0.4 is 10.6 Å². The predicted molar refractivity (Wildman–Crippen MR) is 111 cm³/mol. The van der Waals surface area contributed by atoms with E-state index in [2.05, 4.69) is 10.6 Å². The second-order valence-corrected chi connectivity index (χ2v) is 9.56. The van der Waals surface area contributed by atoms with E-state index in [0.29, 0.717) is 5.76 Å². The second kappa shape index (κ2) is 8.06. The fourth-order valence-corrected chi connectivity index (χ4v) is 5.90. The Balaban J connectivity index is 2.16. The summed E-state index contributed by atoms with van der Waals surface area (Å²) in [7, 11) is 1.51. The summed E-state index contributed by atoms with van der Waals surface area (Å²) in [6.07, 6.45) is -2.12. The zero-order valence-electron chi connectivity index (χ0n) is 19.2. The van der Waals surface area contributed by atoms with Gasteiger partial charge in [0.2, 0.25) is 0 Å². The lowest BCUT2D eigenvalue weighted by Crippen LogP contribution is -2.72. The van der Waals surface area contributed by atoms with Crippen molar-refractivity contribution in [2.75, 3.05) is 20.2 Å². The van der Waals surface area contributed by atoms with Gasteiger partial charge < -0.3 is 15.2 Å². The van der Waals surface area contributed by atoms with Gasteiger partial charge in [0.25, 0.3) is 5.91 Å². The average molecular weight is 460 g/mol. The van der Waals surface area contributed by atoms with Crippen LogP contribution in [0, 0.1) is 5.41 Å². The van der Waals surface area contributed by atoms with Crippen LogP contribution in [0.25, 0.3) is 0 Å². The standard InChI is InChI=1S/C22H32F3N3O4/c1-13(2)16(10-14(3)32-5)19-8-9-28(12-22(23,24)25)15(4)21(19,31)7-6-20(11-19)17(29)26-18(30)27-20/h10,15,31H,6-9,11-12H2,1-5H3,(H2,26,27,29,30)/b14-10+/t15-,19-,20+,21-/m1/s1. The van der Waals surface area contributed by atoms with Crippen molar-refractivity contribution < 1.29 is 32.6 Å². The number of alkyl halides is 3. The van der Waals surface area contributed by atoms with Crippen molar-refractivity contribution in [1.82, 2.24) is 15.5 Å². The first kappa shape index (κ1) is 24.6. The fraction of sp³-hybridized carbons (Fsp3) is 0.727. The predicted octanol–water partition coefficient (Wildman–Crippen LogP) is 3.01. The molecule has 0 aromatic rings. The SMILES string of the molecule is CO/C(C)=C/C(=C(C)C)[C@]12CCN(CC(F)(F)F)[C@H](C)[C@]1(O)CC[C@@]1(C2)NC(=O)NC1=O. The Labute approximate surface area is 186 Å². The van der Waals surface area contributed by atoms with Gasteiger partial charge in [0.05, 0.1) is 25.0 Å². The molecule has 3 amide bonds. The first-order chi connectivity index (χ1) is 14.7. The molecule has 4 atom stereocenters. The molecule has 10 heteroatoms. The Morgan fingerprint density at radius 1 is 1.25 bits per heavy atom. The molecule has 2 saturated heterocycles. The number of carbonyl (C=O) groups excluding carboxylic acids is 2. The van der Waals surface area contributed by atoms with E-state index in [4.69, 9.17) is 4.74 Å². The van der Waals surface area contributed by atoms with Crippen LogP contribution in [0.15, 0.2) is 23.0 Å². The third-order valence-electron chi connectivity index (χ3n) is 7.55. The number of piperidine rings is 1. The molecule has 0 unspecified atom stereocenters. The smallest absolute Gasteiger partial charge is 0.401 e. The molecule has 3 aliphatic rings. The van der Waals surface area contributed by atoms with Gasteiger partial charge in [0.15, 0.2) is 0 Å². The molecule has 1 spiro atoms. The zero-order valence-corrected chi connectivity index (χ0v) is 19.2. The van der Waals surface area contributed by atoms with Gasteiger partial charge >= 0.3 is 12.2 Å². The summed E-state index contributed by atoms with van der Waals surface area (Å²) in [6, 6.07) is -1.42. The summed E-state index contributed by atoms with van der Waals surface area (Å²) in [5.41, 5.74) is -2.23. The largest absolute Gasteiger partial charge is 0.501 e. The molecule has 2 heterocycles. The number of likely N-dealkylation sites (tertiary alicyclic amines) is 1. The molecule has 3 N–H and O–H groups in total. The minimum Gasteiger partial charge on any atom is -0.501 e. The number of rotatable bonds is 4. The molecule has 0 bridgehead atoms. The lowest BCUT2D eigenvalue weighted by Gasteiger charge is -2.63. The number of urea groups is 1. The van der Waals surface area contributed by atoms with Crippen LogP contribution in [0.1, 0.15) is 53.4 Å². The molecule has 0 aromatic carbocycles. The van der Waals surface area contributed by atoms with Crippen LogP contribution in [-0.2, 0) is 9.53 Å². The second-order valence-electron chi connectivity index (χ2n) is 9.56. The van der Waals surface area contributed by atoms with Gasteiger partial charge in [0, 0.05) is 11.5 Å². The minimum absolute atomic E-state index is 0.0624. The molecular formula is C22H32F3N3O4. The summed E-state index contributed by atoms with van der Waals surface area (Å²) in [5.74, 6) is 0.109. The molecule has 0 aromatic heterocycles. The van der Waals surface area contributed by atoms with E-state index in [9.17, 15) is 27.9 Å². The van der Waals surface area contributed by atoms with Crippen LogP contribution in [0.4, 0.5) is 18.0 Å². The Hall–Kier alpha value is -2.07. The number of hydrogen-bond acceptors (Lipinski definition) is 5. The van der Waals surface area contributed by atoms with E-state index in [0.717, 1.165) is 11.1 Å². The summed E-state index contributed by atoms with van der Waals surface area (Å²) < 4.78 is 45.1. The highest BCUT2D eigenvalue weighted by atomic mass is 19.4. The maximum Gasteiger partial charge on any atom is 0.401 e. The van der Waals surface area contributed by atoms with Gasteiger partial charge in [0.1, 0.15) is 5.54 Å². The number of fused-ring (bicyclic) bond motifs is 1. The number of halogens is 3. The van der Waals surface area contributed by atoms with E-state index in [-0.39, 0.29) is 32.2 Å². The first-order valence-corrected chi connectivity index (χ1v) is 10.8. The van der Waals surface area contributed by atoms with Crippen molar-refractivity contribution in [1.29, 1.82) is 0 Å². The number of methoxy groups -OCH3 is 1. The topological polar surface area (TPSA) is 90.9 Å². The molecule has 2 aliphatic heterocycles. The van der Waals surface area contributed by atoms with E-state index >= 15 is 0 Å². The van der Waals surface area contributed by atoms with Crippen molar-refractivity contribution >= 4 is 11.9 Å². The highest BCUT2D eigenvalue weighted by Gasteiger charge is 2.67. The van der Waals surface area contributed by atoms with Crippen molar-refractivity contribution in [3.05, 3.63) is 23.0 Å². The Morgan fingerprint density at radius 2 is 1.91 bits per heavy atom. The number of imide groups is 1. The van der Waals surface area contributed by atoms with Crippen molar-refractivity contribution in [3.63, 3.8) is 0 Å². The zero-order chi connectivity index (χ0) is 24.1. The summed E-state index contributed by atoms with van der Waals surface area (Å²) in [5, 5.41) is 17.1. The van der Waals surface area contributed by atoms with Crippen LogP contribution in [-0.4, -0.2) is 65.5 Å². The third kappa shape index (κ3) is 3.91. The van der Waals surface area contributed by atoms with Gasteiger partial charge in [-0.25, -0.2) is 4.79 Å². The normalized spacial score (nSPS) is 35.9. The first-order valence-electron chi connectivity index (χ1n) is 10.8. The molecule has 3 rings (SSSR count). The molecular weight excluding hydrogens is 427 g/mol. The summed E-state index contributed by atoms with van der Waals surface area (Å²) in [4.78, 5) is 26.0. The number of carbonyl (C=O) groups is 2. The number of aliphatic hydroxyl groups is 1. The highest BCUT2D eigenvalue weighted by molar-refractivity contribution is 6.07. The van der Waals surface area contributed by atoms with E-state index in [1.165, 1.54) is 12.0 Å². The van der Waals surface area contributed by atoms with Crippen LogP contribution in [0.3, 0.4) is 0 Å². The highest BCUT2D eigenvalue weighted by Crippen LogP contribution is 2.60. The maximum atomic E-state index is 13.2. The number of nitrogens with one attached hydrogen (secondary N) is 2. The van der Waals surface area contributed by atoms with Crippen LogP contribution in [0.2, 0.25) is 0 Å². The van der Waals surface area contributed by atoms with Gasteiger partial charge in [-0.1, -0.05) is 5.57 Å². The number of amides is 3. The fourth-order valence-electron chi connectivity index (χ4n) is 5.90. The molecule has 32 heavy (non-hydrogen) atoms. The Bertz CT molecular complexity index is 867. The van der Waals surface area contributed by atoms with Gasteiger partial charge in [-0.15, -0.1) is 0 Å². The number of allylic oxidation sites excluding steroid dienone is 3. The van der Waals surface area contributed by atoms with Crippen LogP contribution >= 0.6 is 0 Å². The Kier molecular flexibility index (Phi) is 6.19. The van der Waals surface area contributed by atoms with Gasteiger partial charge in [-0.05, 0) is 71.6 Å². The summed E-state index contributed by atoms with van der Waals surface area (Å²) >= 11 is 0. The lowest BCUT2D eigenvalue weighted by atomic mass is 9.49. The molecule has 7 nitrogen and oxygen atoms in total. The quantitative estimate of drug-likeness (QED) is 0.342. The number of hydrogen-bond donors (Lipinski definition) is 3. The van der Waals surface area contributed by atoms with E-state index in [1.807, 2.05) is 13.8 Å². The molecule has 1 aliphatic carbocycles. The Morgan fingerprint density at radius 3 is 2.41 bits per heavy atom. The average Bonchev–Trinajstić information content (AvgIpc) is 2.95. The molecule has 3 fully saturated rings. The van der Waals surface area contributed by atoms with E-state index in [1.54, 1.807) is 19.9 Å². The van der Waals surface area contributed by atoms with Crippen molar-refractivity contribution in [2.24, 2.45) is 5.41 Å². The molecule has 1 saturated carbocycles. The number of nitrogens with zero attached hydrogens (tertiary/aromatic N) is 1. The lowest BCUT2D eigenvalue weighted by molar-refractivity contribution is -0.213. The van der Waals surface area contributed by atoms with Gasteiger partial charge in [-0.2, -0.15) is 13.2 Å². The van der Waals surface area contributed by atoms with Crippen molar-refractivity contribution in [2.45, 2.75) is 76.7 Å². The van der Waals surface area contributed by atoms with Gasteiger partial charge in [-0.3, -0.25) is 15.0 Å². The van der Waals surface area contributed by atoms with Crippen LogP contribution in [0.5, 0.6) is 0 Å². The number of ether oxygens (including phenoxy) is 1. The third-order valence-corrected chi connectivity index (χ3v) is 7.55. The van der Waals surface area contributed by atoms with E-state index < -0.39 is 47.3 Å². The molecule has 0 radical (unpaired) electrons. The minimum atomic E-state index is -4.40. The summed E-state index contributed by atoms with van der Waals surface area (Å²) in [6.45, 7) is 6.07. The monoisotopic (exact) mass is 459 g/mol.